The number of nitriles is 1. The number of aryl methyl sites for hydroxylation is 1. The van der Waals surface area contributed by atoms with Gasteiger partial charge in [0, 0.05) is 18.3 Å². The minimum Gasteiger partial charge on any atom is -0.454 e. The molecular formula is C24H28N4O4. The van der Waals surface area contributed by atoms with E-state index in [1.807, 2.05) is 19.1 Å². The zero-order chi connectivity index (χ0) is 22.8. The zero-order valence-electron chi connectivity index (χ0n) is 18.7. The maximum Gasteiger partial charge on any atom is 0.258 e. The second-order valence-corrected chi connectivity index (χ2v) is 7.94. The van der Waals surface area contributed by atoms with Crippen LogP contribution in [-0.4, -0.2) is 35.9 Å². The molecule has 0 aliphatic carbocycles. The highest BCUT2D eigenvalue weighted by molar-refractivity contribution is 5.57. The normalized spacial score (nSPS) is 16.7. The lowest BCUT2D eigenvalue weighted by atomic mass is 9.84. The number of nitrogens with two attached hydrogens (primary N) is 1. The molecule has 2 aliphatic rings. The molecule has 4 rings (SSSR count). The summed E-state index contributed by atoms with van der Waals surface area (Å²) in [7, 11) is 0. The lowest BCUT2D eigenvalue weighted by molar-refractivity contribution is 0.174. The van der Waals surface area contributed by atoms with Gasteiger partial charge in [0.05, 0.1) is 11.5 Å². The monoisotopic (exact) mass is 436 g/mol. The highest BCUT2D eigenvalue weighted by atomic mass is 16.7. The minimum atomic E-state index is -0.639. The van der Waals surface area contributed by atoms with Crippen molar-refractivity contribution in [3.8, 4) is 23.3 Å². The van der Waals surface area contributed by atoms with Crippen LogP contribution in [0, 0.1) is 18.3 Å². The molecule has 0 fully saturated rings. The number of pyridine rings is 1. The molecule has 8 heteroatoms. The first-order valence-corrected chi connectivity index (χ1v) is 10.9. The number of rotatable bonds is 7. The van der Waals surface area contributed by atoms with Gasteiger partial charge in [0.1, 0.15) is 17.4 Å². The molecule has 0 spiro atoms. The summed E-state index contributed by atoms with van der Waals surface area (Å²) in [6, 6.07) is 9.40. The standard InChI is InChI=1S/C24H28N4O4/c1-4-27(5-2)9-6-10-28-15(3)11-20-22(24(28)29)21(17(13-25)23(26)32-20)16-7-8-18-19(12-16)31-14-30-18/h7-8,11-12,21H,4-6,9-10,14,26H2,1-3H3/t21-/m1/s1. The summed E-state index contributed by atoms with van der Waals surface area (Å²) in [5.41, 5.74) is 8.09. The van der Waals surface area contributed by atoms with E-state index in [4.69, 9.17) is 19.9 Å². The van der Waals surface area contributed by atoms with Crippen molar-refractivity contribution in [1.29, 1.82) is 5.26 Å². The molecule has 0 saturated heterocycles. The van der Waals surface area contributed by atoms with Gasteiger partial charge in [-0.05, 0) is 50.7 Å². The van der Waals surface area contributed by atoms with E-state index < -0.39 is 5.92 Å². The Morgan fingerprint density at radius 2 is 1.94 bits per heavy atom. The number of hydrogen-bond acceptors (Lipinski definition) is 7. The maximum atomic E-state index is 13.7. The van der Waals surface area contributed by atoms with Gasteiger partial charge in [-0.2, -0.15) is 5.26 Å². The van der Waals surface area contributed by atoms with E-state index in [9.17, 15) is 10.1 Å². The van der Waals surface area contributed by atoms with Gasteiger partial charge in [0.15, 0.2) is 11.5 Å². The van der Waals surface area contributed by atoms with Crippen LogP contribution >= 0.6 is 0 Å². The molecule has 1 aromatic carbocycles. The van der Waals surface area contributed by atoms with Crippen molar-refractivity contribution >= 4 is 0 Å². The van der Waals surface area contributed by atoms with Gasteiger partial charge in [0.2, 0.25) is 12.7 Å². The Hall–Kier alpha value is -3.44. The van der Waals surface area contributed by atoms with Crippen molar-refractivity contribution in [2.24, 2.45) is 5.73 Å². The third-order valence-electron chi connectivity index (χ3n) is 6.17. The molecule has 2 aliphatic heterocycles. The van der Waals surface area contributed by atoms with E-state index >= 15 is 0 Å². The average Bonchev–Trinajstić information content (AvgIpc) is 3.25. The SMILES string of the molecule is CCN(CC)CCCn1c(C)cc2c(c1=O)[C@H](c1ccc3c(c1)OCO3)C(C#N)=C(N)O2. The van der Waals surface area contributed by atoms with E-state index in [1.165, 1.54) is 0 Å². The largest absolute Gasteiger partial charge is 0.454 e. The van der Waals surface area contributed by atoms with Crippen LogP contribution in [0.25, 0.3) is 0 Å². The molecule has 32 heavy (non-hydrogen) atoms. The summed E-state index contributed by atoms with van der Waals surface area (Å²) >= 11 is 0. The first-order valence-electron chi connectivity index (χ1n) is 10.9. The Kier molecular flexibility index (Phi) is 6.10. The molecule has 8 nitrogen and oxygen atoms in total. The fraction of sp³-hybridized carbons (Fsp3) is 0.417. The molecule has 3 heterocycles. The molecule has 2 N–H and O–H groups in total. The van der Waals surface area contributed by atoms with Gasteiger partial charge in [-0.3, -0.25) is 4.79 Å². The number of hydrogen-bond donors (Lipinski definition) is 1. The van der Waals surface area contributed by atoms with Gasteiger partial charge in [-0.15, -0.1) is 0 Å². The minimum absolute atomic E-state index is 0.0146. The third-order valence-corrected chi connectivity index (χ3v) is 6.17. The quantitative estimate of drug-likeness (QED) is 0.712. The van der Waals surface area contributed by atoms with Gasteiger partial charge in [0.25, 0.3) is 5.56 Å². The molecule has 168 valence electrons. The zero-order valence-corrected chi connectivity index (χ0v) is 18.7. The summed E-state index contributed by atoms with van der Waals surface area (Å²) < 4.78 is 18.4. The van der Waals surface area contributed by atoms with Gasteiger partial charge < -0.3 is 29.4 Å². The molecule has 0 radical (unpaired) electrons. The summed E-state index contributed by atoms with van der Waals surface area (Å²) in [6.07, 6.45) is 0.847. The van der Waals surface area contributed by atoms with Crippen LogP contribution in [0.3, 0.4) is 0 Å². The highest BCUT2D eigenvalue weighted by Gasteiger charge is 2.35. The molecule has 0 amide bonds. The van der Waals surface area contributed by atoms with E-state index in [2.05, 4.69) is 24.8 Å². The van der Waals surface area contributed by atoms with Gasteiger partial charge >= 0.3 is 0 Å². The molecule has 1 atom stereocenters. The predicted molar refractivity (Wildman–Crippen MR) is 120 cm³/mol. The van der Waals surface area contributed by atoms with Crippen LogP contribution in [0.2, 0.25) is 0 Å². The fourth-order valence-electron chi connectivity index (χ4n) is 4.38. The molecular weight excluding hydrogens is 408 g/mol. The molecule has 0 saturated carbocycles. The first kappa shape index (κ1) is 21.8. The average molecular weight is 437 g/mol. The van der Waals surface area contributed by atoms with E-state index in [-0.39, 0.29) is 23.8 Å². The number of fused-ring (bicyclic) bond motifs is 2. The van der Waals surface area contributed by atoms with Crippen LogP contribution in [0.1, 0.15) is 43.0 Å². The van der Waals surface area contributed by atoms with Gasteiger partial charge in [-0.1, -0.05) is 19.9 Å². The Labute approximate surface area is 187 Å². The van der Waals surface area contributed by atoms with Crippen LogP contribution in [0.5, 0.6) is 17.2 Å². The second kappa shape index (κ2) is 8.97. The van der Waals surface area contributed by atoms with Crippen molar-refractivity contribution in [2.75, 3.05) is 26.4 Å². The second-order valence-electron chi connectivity index (χ2n) is 7.94. The van der Waals surface area contributed by atoms with Crippen molar-refractivity contribution < 1.29 is 14.2 Å². The van der Waals surface area contributed by atoms with Crippen molar-refractivity contribution in [1.82, 2.24) is 9.47 Å². The first-order chi connectivity index (χ1) is 15.5. The summed E-state index contributed by atoms with van der Waals surface area (Å²) in [5, 5.41) is 9.85. The van der Waals surface area contributed by atoms with Gasteiger partial charge in [-0.25, -0.2) is 0 Å². The van der Waals surface area contributed by atoms with Crippen LogP contribution in [-0.2, 0) is 6.54 Å². The highest BCUT2D eigenvalue weighted by Crippen LogP contribution is 2.43. The molecule has 1 aromatic heterocycles. The smallest absolute Gasteiger partial charge is 0.258 e. The van der Waals surface area contributed by atoms with Crippen LogP contribution < -0.4 is 25.5 Å². The van der Waals surface area contributed by atoms with E-state index in [0.29, 0.717) is 29.4 Å². The number of ether oxygens (including phenoxy) is 3. The van der Waals surface area contributed by atoms with Crippen molar-refractivity contribution in [3.63, 3.8) is 0 Å². The summed E-state index contributed by atoms with van der Waals surface area (Å²) in [6.45, 7) is 9.75. The Morgan fingerprint density at radius 1 is 1.19 bits per heavy atom. The number of benzene rings is 1. The predicted octanol–water partition coefficient (Wildman–Crippen LogP) is 2.84. The van der Waals surface area contributed by atoms with E-state index in [0.717, 1.165) is 37.3 Å². The van der Waals surface area contributed by atoms with Crippen molar-refractivity contribution in [2.45, 2.75) is 39.7 Å². The lowest BCUT2D eigenvalue weighted by Crippen LogP contribution is -2.33. The number of nitrogens with zero attached hydrogens (tertiary/aromatic N) is 3. The maximum absolute atomic E-state index is 13.7. The summed E-state index contributed by atoms with van der Waals surface area (Å²) in [5.74, 6) is 0.986. The lowest BCUT2D eigenvalue weighted by Gasteiger charge is -2.27. The van der Waals surface area contributed by atoms with Crippen molar-refractivity contribution in [3.05, 3.63) is 62.9 Å². The fourth-order valence-corrected chi connectivity index (χ4v) is 4.38. The number of allylic oxidation sites excluding steroid dienone is 1. The Morgan fingerprint density at radius 3 is 2.66 bits per heavy atom. The Bertz CT molecular complexity index is 1160. The van der Waals surface area contributed by atoms with Crippen LogP contribution in [0.15, 0.2) is 40.5 Å². The third kappa shape index (κ3) is 3.80. The summed E-state index contributed by atoms with van der Waals surface area (Å²) in [4.78, 5) is 16.0. The molecule has 0 bridgehead atoms. The number of aromatic nitrogens is 1. The van der Waals surface area contributed by atoms with E-state index in [1.54, 1.807) is 16.7 Å². The van der Waals surface area contributed by atoms with Crippen LogP contribution in [0.4, 0.5) is 0 Å². The molecule has 2 aromatic rings. The topological polar surface area (TPSA) is 103 Å². The molecule has 0 unspecified atom stereocenters. The Balaban J connectivity index is 1.77.